The van der Waals surface area contributed by atoms with Crippen LogP contribution < -0.4 is 0 Å². The lowest BCUT2D eigenvalue weighted by Gasteiger charge is -2.04. The number of para-hydroxylation sites is 1. The standard InChI is InChI=1S/C12H10ClN3S2/c13-9-2-1-3-10-11(9)16(12(17)15-10)5-4-8-6-18-7-14-8/h1-3,6-7H,4-5H2,(H,15,17). The zero-order valence-electron chi connectivity index (χ0n) is 9.39. The van der Waals surface area contributed by atoms with Crippen molar-refractivity contribution < 1.29 is 0 Å². The van der Waals surface area contributed by atoms with Crippen LogP contribution >= 0.6 is 35.2 Å². The maximum atomic E-state index is 6.24. The van der Waals surface area contributed by atoms with Gasteiger partial charge in [-0.1, -0.05) is 17.7 Å². The van der Waals surface area contributed by atoms with E-state index >= 15 is 0 Å². The smallest absolute Gasteiger partial charge is 0.178 e. The maximum Gasteiger partial charge on any atom is 0.178 e. The topological polar surface area (TPSA) is 33.6 Å². The van der Waals surface area contributed by atoms with Crippen molar-refractivity contribution in [3.05, 3.63) is 44.6 Å². The molecule has 0 atom stereocenters. The minimum atomic E-state index is 0.702. The van der Waals surface area contributed by atoms with E-state index in [0.717, 1.165) is 34.7 Å². The van der Waals surface area contributed by atoms with E-state index < -0.39 is 0 Å². The first-order valence-corrected chi connectivity index (χ1v) is 7.23. The van der Waals surface area contributed by atoms with E-state index in [1.54, 1.807) is 11.3 Å². The van der Waals surface area contributed by atoms with Crippen molar-refractivity contribution in [3.63, 3.8) is 0 Å². The first-order valence-electron chi connectivity index (χ1n) is 5.50. The molecule has 0 radical (unpaired) electrons. The van der Waals surface area contributed by atoms with Crippen LogP contribution in [-0.2, 0) is 13.0 Å². The molecule has 0 aliphatic rings. The number of halogens is 1. The number of hydrogen-bond acceptors (Lipinski definition) is 3. The van der Waals surface area contributed by atoms with Gasteiger partial charge >= 0.3 is 0 Å². The molecule has 2 heterocycles. The molecule has 0 unspecified atom stereocenters. The van der Waals surface area contributed by atoms with Crippen molar-refractivity contribution >= 4 is 46.2 Å². The Morgan fingerprint density at radius 2 is 2.33 bits per heavy atom. The molecule has 0 saturated carbocycles. The Morgan fingerprint density at radius 3 is 3.11 bits per heavy atom. The molecule has 3 rings (SSSR count). The van der Waals surface area contributed by atoms with Crippen LogP contribution in [0, 0.1) is 4.77 Å². The summed E-state index contributed by atoms with van der Waals surface area (Å²) < 4.78 is 2.74. The van der Waals surface area contributed by atoms with E-state index in [2.05, 4.69) is 15.3 Å². The molecule has 0 aliphatic heterocycles. The predicted molar refractivity (Wildman–Crippen MR) is 78.0 cm³/mol. The molecule has 0 bridgehead atoms. The Morgan fingerprint density at radius 1 is 1.44 bits per heavy atom. The second-order valence-corrected chi connectivity index (χ2v) is 5.46. The fourth-order valence-electron chi connectivity index (χ4n) is 1.98. The average molecular weight is 296 g/mol. The fourth-order valence-corrected chi connectivity index (χ4v) is 3.14. The van der Waals surface area contributed by atoms with Gasteiger partial charge in [0.15, 0.2) is 4.77 Å². The molecule has 18 heavy (non-hydrogen) atoms. The van der Waals surface area contributed by atoms with Crippen LogP contribution in [0.2, 0.25) is 5.02 Å². The average Bonchev–Trinajstić information content (AvgIpc) is 2.94. The van der Waals surface area contributed by atoms with Crippen LogP contribution in [0.1, 0.15) is 5.69 Å². The zero-order chi connectivity index (χ0) is 12.5. The van der Waals surface area contributed by atoms with Crippen LogP contribution in [0.5, 0.6) is 0 Å². The van der Waals surface area contributed by atoms with Crippen molar-refractivity contribution in [2.45, 2.75) is 13.0 Å². The number of aromatic nitrogens is 3. The quantitative estimate of drug-likeness (QED) is 0.740. The Labute approximate surface area is 118 Å². The number of nitrogens with one attached hydrogen (secondary N) is 1. The predicted octanol–water partition coefficient (Wildman–Crippen LogP) is 4.05. The van der Waals surface area contributed by atoms with Crippen molar-refractivity contribution in [1.82, 2.24) is 14.5 Å². The van der Waals surface area contributed by atoms with Crippen LogP contribution in [0.3, 0.4) is 0 Å². The van der Waals surface area contributed by atoms with E-state index in [1.165, 1.54) is 0 Å². The number of H-pyrrole nitrogens is 1. The van der Waals surface area contributed by atoms with Crippen LogP contribution in [-0.4, -0.2) is 14.5 Å². The second-order valence-electron chi connectivity index (χ2n) is 3.95. The summed E-state index contributed by atoms with van der Waals surface area (Å²) in [6, 6.07) is 5.78. The first kappa shape index (κ1) is 11.9. The second kappa shape index (κ2) is 4.84. The van der Waals surface area contributed by atoms with E-state index in [0.29, 0.717) is 4.77 Å². The highest BCUT2D eigenvalue weighted by atomic mass is 35.5. The minimum absolute atomic E-state index is 0.702. The molecular formula is C12H10ClN3S2. The number of fused-ring (bicyclic) bond motifs is 1. The normalized spacial score (nSPS) is 11.2. The molecule has 3 aromatic rings. The number of aryl methyl sites for hydroxylation is 2. The van der Waals surface area contributed by atoms with Crippen molar-refractivity contribution in [2.75, 3.05) is 0 Å². The highest BCUT2D eigenvalue weighted by molar-refractivity contribution is 7.71. The Kier molecular flexibility index (Phi) is 3.20. The Hall–Kier alpha value is -1.17. The van der Waals surface area contributed by atoms with Gasteiger partial charge in [-0.3, -0.25) is 0 Å². The van der Waals surface area contributed by atoms with Gasteiger partial charge in [0.1, 0.15) is 0 Å². The lowest BCUT2D eigenvalue weighted by Crippen LogP contribution is -2.01. The third-order valence-electron chi connectivity index (χ3n) is 2.82. The lowest BCUT2D eigenvalue weighted by molar-refractivity contribution is 0.698. The lowest BCUT2D eigenvalue weighted by atomic mass is 10.3. The van der Waals surface area contributed by atoms with E-state index in [4.69, 9.17) is 23.8 Å². The van der Waals surface area contributed by atoms with Gasteiger partial charge < -0.3 is 9.55 Å². The van der Waals surface area contributed by atoms with Crippen molar-refractivity contribution in [1.29, 1.82) is 0 Å². The van der Waals surface area contributed by atoms with E-state index in [9.17, 15) is 0 Å². The summed E-state index contributed by atoms with van der Waals surface area (Å²) in [6.45, 7) is 0.784. The number of nitrogens with zero attached hydrogens (tertiary/aromatic N) is 2. The van der Waals surface area contributed by atoms with Gasteiger partial charge in [-0.2, -0.15) is 0 Å². The molecule has 0 saturated heterocycles. The van der Waals surface area contributed by atoms with Crippen LogP contribution in [0.15, 0.2) is 29.1 Å². The third kappa shape index (κ3) is 2.09. The van der Waals surface area contributed by atoms with Crippen molar-refractivity contribution in [2.24, 2.45) is 0 Å². The molecule has 1 N–H and O–H groups in total. The summed E-state index contributed by atoms with van der Waals surface area (Å²) in [5.41, 5.74) is 4.88. The summed E-state index contributed by atoms with van der Waals surface area (Å²) in [7, 11) is 0. The zero-order valence-corrected chi connectivity index (χ0v) is 11.8. The minimum Gasteiger partial charge on any atom is -0.331 e. The molecule has 3 nitrogen and oxygen atoms in total. The first-order chi connectivity index (χ1) is 8.75. The van der Waals surface area contributed by atoms with Crippen molar-refractivity contribution in [3.8, 4) is 0 Å². The number of aromatic amines is 1. The fraction of sp³-hybridized carbons (Fsp3) is 0.167. The summed E-state index contributed by atoms with van der Waals surface area (Å²) in [5, 5.41) is 2.78. The summed E-state index contributed by atoms with van der Waals surface area (Å²) >= 11 is 13.2. The number of imidazole rings is 1. The molecular weight excluding hydrogens is 286 g/mol. The third-order valence-corrected chi connectivity index (χ3v) is 4.08. The molecule has 0 aliphatic carbocycles. The molecule has 0 amide bonds. The molecule has 92 valence electrons. The number of hydrogen-bond donors (Lipinski definition) is 1. The maximum absolute atomic E-state index is 6.24. The Bertz CT molecular complexity index is 727. The SMILES string of the molecule is S=c1[nH]c2cccc(Cl)c2n1CCc1cscn1. The summed E-state index contributed by atoms with van der Waals surface area (Å²) in [5.74, 6) is 0. The monoisotopic (exact) mass is 295 g/mol. The van der Waals surface area contributed by atoms with Gasteiger partial charge in [0.25, 0.3) is 0 Å². The molecule has 2 aromatic heterocycles. The largest absolute Gasteiger partial charge is 0.331 e. The molecule has 6 heteroatoms. The van der Waals surface area contributed by atoms with Gasteiger partial charge in [0, 0.05) is 18.3 Å². The van der Waals surface area contributed by atoms with Gasteiger partial charge in [0.05, 0.1) is 27.3 Å². The van der Waals surface area contributed by atoms with Crippen LogP contribution in [0.25, 0.3) is 11.0 Å². The Balaban J connectivity index is 2.01. The summed E-state index contributed by atoms with van der Waals surface area (Å²) in [6.07, 6.45) is 0.857. The molecule has 0 fully saturated rings. The highest BCUT2D eigenvalue weighted by Crippen LogP contribution is 2.23. The van der Waals surface area contributed by atoms with Crippen LogP contribution in [0.4, 0.5) is 0 Å². The van der Waals surface area contributed by atoms with Gasteiger partial charge in [0.2, 0.25) is 0 Å². The number of rotatable bonds is 3. The van der Waals surface area contributed by atoms with Gasteiger partial charge in [-0.05, 0) is 24.4 Å². The van der Waals surface area contributed by atoms with Gasteiger partial charge in [-0.15, -0.1) is 11.3 Å². The van der Waals surface area contributed by atoms with Gasteiger partial charge in [-0.25, -0.2) is 4.98 Å². The number of thiazole rings is 1. The number of benzene rings is 1. The van der Waals surface area contributed by atoms with E-state index in [1.807, 2.05) is 28.3 Å². The summed E-state index contributed by atoms with van der Waals surface area (Å²) in [4.78, 5) is 7.45. The highest BCUT2D eigenvalue weighted by Gasteiger charge is 2.08. The van der Waals surface area contributed by atoms with E-state index in [-0.39, 0.29) is 0 Å². The molecule has 0 spiro atoms. The molecule has 1 aromatic carbocycles.